The van der Waals surface area contributed by atoms with E-state index in [1.807, 2.05) is 0 Å². The highest BCUT2D eigenvalue weighted by molar-refractivity contribution is 6.04. The van der Waals surface area contributed by atoms with Crippen molar-refractivity contribution in [2.75, 3.05) is 0 Å². The Morgan fingerprint density at radius 1 is 1.24 bits per heavy atom. The van der Waals surface area contributed by atoms with E-state index in [0.29, 0.717) is 5.56 Å². The number of carbonyl (C=O) groups excluding carboxylic acids is 1. The van der Waals surface area contributed by atoms with Gasteiger partial charge in [0.05, 0.1) is 0 Å². The van der Waals surface area contributed by atoms with Crippen molar-refractivity contribution in [3.05, 3.63) is 72.0 Å². The van der Waals surface area contributed by atoms with Crippen LogP contribution in [-0.4, -0.2) is 18.0 Å². The molecule has 110 valence electrons. The third-order valence-electron chi connectivity index (χ3n) is 3.05. The SMILES string of the molecule is O=C(/C=C\NC1C=CC=C(C(F)(F)F)C1)c1ccccc1. The van der Waals surface area contributed by atoms with Gasteiger partial charge in [-0.15, -0.1) is 0 Å². The smallest absolute Gasteiger partial charge is 0.384 e. The van der Waals surface area contributed by atoms with Crippen molar-refractivity contribution < 1.29 is 18.0 Å². The van der Waals surface area contributed by atoms with Crippen molar-refractivity contribution in [2.24, 2.45) is 0 Å². The fraction of sp³-hybridized carbons (Fsp3) is 0.188. The maximum absolute atomic E-state index is 12.6. The van der Waals surface area contributed by atoms with Gasteiger partial charge in [0.1, 0.15) is 0 Å². The van der Waals surface area contributed by atoms with Crippen LogP contribution in [0, 0.1) is 0 Å². The maximum atomic E-state index is 12.6. The maximum Gasteiger partial charge on any atom is 0.412 e. The summed E-state index contributed by atoms with van der Waals surface area (Å²) in [4.78, 5) is 11.8. The zero-order valence-electron chi connectivity index (χ0n) is 11.1. The largest absolute Gasteiger partial charge is 0.412 e. The lowest BCUT2D eigenvalue weighted by atomic mass is 10.0. The highest BCUT2D eigenvalue weighted by Gasteiger charge is 2.34. The number of allylic oxidation sites excluding steroid dienone is 3. The molecule has 1 aromatic carbocycles. The molecule has 1 atom stereocenters. The summed E-state index contributed by atoms with van der Waals surface area (Å²) in [5, 5.41) is 2.80. The molecule has 0 bridgehead atoms. The minimum atomic E-state index is -4.31. The van der Waals surface area contributed by atoms with Crippen LogP contribution >= 0.6 is 0 Å². The predicted octanol–water partition coefficient (Wildman–Crippen LogP) is 3.79. The van der Waals surface area contributed by atoms with E-state index in [2.05, 4.69) is 5.32 Å². The minimum absolute atomic E-state index is 0.149. The Bertz CT molecular complexity index is 585. The Balaban J connectivity index is 1.90. The van der Waals surface area contributed by atoms with E-state index >= 15 is 0 Å². The van der Waals surface area contributed by atoms with Gasteiger partial charge in [-0.2, -0.15) is 13.2 Å². The fourth-order valence-electron chi connectivity index (χ4n) is 1.95. The Labute approximate surface area is 120 Å². The average Bonchev–Trinajstić information content (AvgIpc) is 2.47. The Kier molecular flexibility index (Phi) is 4.62. The zero-order chi connectivity index (χ0) is 15.3. The molecule has 0 radical (unpaired) electrons. The molecule has 0 saturated carbocycles. The molecule has 5 heteroatoms. The van der Waals surface area contributed by atoms with Gasteiger partial charge in [0.15, 0.2) is 5.78 Å². The number of nitrogens with one attached hydrogen (secondary N) is 1. The van der Waals surface area contributed by atoms with Gasteiger partial charge in [-0.05, 0) is 0 Å². The van der Waals surface area contributed by atoms with Gasteiger partial charge in [0, 0.05) is 35.9 Å². The number of benzene rings is 1. The fourth-order valence-corrected chi connectivity index (χ4v) is 1.95. The van der Waals surface area contributed by atoms with Crippen molar-refractivity contribution in [1.29, 1.82) is 0 Å². The van der Waals surface area contributed by atoms with Crippen LogP contribution in [-0.2, 0) is 0 Å². The minimum Gasteiger partial charge on any atom is -0.384 e. The number of ketones is 1. The van der Waals surface area contributed by atoms with E-state index in [9.17, 15) is 18.0 Å². The van der Waals surface area contributed by atoms with Crippen LogP contribution in [0.2, 0.25) is 0 Å². The molecule has 21 heavy (non-hydrogen) atoms. The van der Waals surface area contributed by atoms with Crippen LogP contribution in [0.4, 0.5) is 13.2 Å². The topological polar surface area (TPSA) is 29.1 Å². The lowest BCUT2D eigenvalue weighted by Crippen LogP contribution is -2.28. The van der Waals surface area contributed by atoms with Crippen LogP contribution < -0.4 is 5.32 Å². The first-order valence-corrected chi connectivity index (χ1v) is 6.43. The Hall–Kier alpha value is -2.30. The van der Waals surface area contributed by atoms with Crippen molar-refractivity contribution in [2.45, 2.75) is 18.6 Å². The van der Waals surface area contributed by atoms with Gasteiger partial charge < -0.3 is 5.32 Å². The summed E-state index contributed by atoms with van der Waals surface area (Å²) >= 11 is 0. The van der Waals surface area contributed by atoms with E-state index in [0.717, 1.165) is 6.08 Å². The summed E-state index contributed by atoms with van der Waals surface area (Å²) < 4.78 is 37.8. The van der Waals surface area contributed by atoms with Crippen LogP contribution in [0.3, 0.4) is 0 Å². The van der Waals surface area contributed by atoms with Gasteiger partial charge in [-0.3, -0.25) is 4.79 Å². The molecular weight excluding hydrogens is 279 g/mol. The molecule has 0 aromatic heterocycles. The van der Waals surface area contributed by atoms with Crippen LogP contribution in [0.5, 0.6) is 0 Å². The van der Waals surface area contributed by atoms with E-state index in [1.54, 1.807) is 36.4 Å². The lowest BCUT2D eigenvalue weighted by molar-refractivity contribution is -0.0945. The van der Waals surface area contributed by atoms with Gasteiger partial charge >= 0.3 is 6.18 Å². The van der Waals surface area contributed by atoms with E-state index < -0.39 is 17.8 Å². The van der Waals surface area contributed by atoms with E-state index in [-0.39, 0.29) is 12.2 Å². The molecule has 2 rings (SSSR count). The highest BCUT2D eigenvalue weighted by Crippen LogP contribution is 2.31. The summed E-state index contributed by atoms with van der Waals surface area (Å²) in [7, 11) is 0. The van der Waals surface area contributed by atoms with E-state index in [4.69, 9.17) is 0 Å². The number of alkyl halides is 3. The molecule has 0 amide bonds. The summed E-state index contributed by atoms with van der Waals surface area (Å²) in [5.74, 6) is -0.200. The molecule has 0 heterocycles. The summed E-state index contributed by atoms with van der Waals surface area (Å²) in [6.45, 7) is 0. The first kappa shape index (κ1) is 15.1. The van der Waals surface area contributed by atoms with Gasteiger partial charge in [0.25, 0.3) is 0 Å². The number of hydrogen-bond acceptors (Lipinski definition) is 2. The summed E-state index contributed by atoms with van der Waals surface area (Å²) in [6.07, 6.45) is 2.32. The van der Waals surface area contributed by atoms with Crippen molar-refractivity contribution in [1.82, 2.24) is 5.32 Å². The lowest BCUT2D eigenvalue weighted by Gasteiger charge is -2.20. The second kappa shape index (κ2) is 6.43. The van der Waals surface area contributed by atoms with E-state index in [1.165, 1.54) is 18.4 Å². The number of halogens is 3. The van der Waals surface area contributed by atoms with Crippen molar-refractivity contribution in [3.63, 3.8) is 0 Å². The van der Waals surface area contributed by atoms with Crippen LogP contribution in [0.15, 0.2) is 66.4 Å². The second-order valence-electron chi connectivity index (χ2n) is 4.62. The molecule has 0 fully saturated rings. The zero-order valence-corrected chi connectivity index (χ0v) is 11.1. The predicted molar refractivity (Wildman–Crippen MR) is 74.7 cm³/mol. The molecular formula is C16H14F3NO. The first-order valence-electron chi connectivity index (χ1n) is 6.43. The highest BCUT2D eigenvalue weighted by atomic mass is 19.4. The van der Waals surface area contributed by atoms with Gasteiger partial charge in [0.2, 0.25) is 0 Å². The second-order valence-corrected chi connectivity index (χ2v) is 4.62. The Morgan fingerprint density at radius 2 is 1.95 bits per heavy atom. The van der Waals surface area contributed by atoms with Crippen molar-refractivity contribution >= 4 is 5.78 Å². The molecule has 0 saturated heterocycles. The molecule has 1 aromatic rings. The first-order chi connectivity index (χ1) is 9.97. The molecule has 1 aliphatic rings. The number of hydrogen-bond donors (Lipinski definition) is 1. The summed E-state index contributed by atoms with van der Waals surface area (Å²) in [6, 6.07) is 8.19. The molecule has 0 aliphatic heterocycles. The number of carbonyl (C=O) groups is 1. The van der Waals surface area contributed by atoms with Crippen LogP contribution in [0.25, 0.3) is 0 Å². The van der Waals surface area contributed by atoms with Gasteiger partial charge in [-0.1, -0.05) is 48.6 Å². The standard InChI is InChI=1S/C16H14F3NO/c17-16(18,19)13-7-4-8-14(11-13)20-10-9-15(21)12-5-2-1-3-6-12/h1-10,14,20H,11H2/b10-9-. The molecule has 1 N–H and O–H groups in total. The van der Waals surface area contributed by atoms with Gasteiger partial charge in [-0.25, -0.2) is 0 Å². The molecule has 0 spiro atoms. The quantitative estimate of drug-likeness (QED) is 0.676. The third-order valence-corrected chi connectivity index (χ3v) is 3.05. The Morgan fingerprint density at radius 3 is 2.62 bits per heavy atom. The van der Waals surface area contributed by atoms with Crippen molar-refractivity contribution in [3.8, 4) is 0 Å². The van der Waals surface area contributed by atoms with Crippen LogP contribution in [0.1, 0.15) is 16.8 Å². The monoisotopic (exact) mass is 293 g/mol. The molecule has 1 unspecified atom stereocenters. The summed E-state index contributed by atoms with van der Waals surface area (Å²) in [5.41, 5.74) is -0.0455. The average molecular weight is 293 g/mol. The molecule has 2 nitrogen and oxygen atoms in total. The number of rotatable bonds is 4. The normalized spacial score (nSPS) is 18.6. The third kappa shape index (κ3) is 4.34. The molecule has 1 aliphatic carbocycles.